The van der Waals surface area contributed by atoms with E-state index in [-0.39, 0.29) is 12.4 Å². The number of nitrogens with zero attached hydrogens (tertiary/aromatic N) is 1. The molecule has 15 heavy (non-hydrogen) atoms. The highest BCUT2D eigenvalue weighted by Gasteiger charge is 2.29. The summed E-state index contributed by atoms with van der Waals surface area (Å²) in [4.78, 5) is 3.84. The molecule has 84 valence electrons. The first-order chi connectivity index (χ1) is 6.92. The second-order valence-corrected chi connectivity index (χ2v) is 3.02. The van der Waals surface area contributed by atoms with Crippen molar-refractivity contribution in [2.24, 2.45) is 5.73 Å². The van der Waals surface area contributed by atoms with Gasteiger partial charge in [0.2, 0.25) is 5.88 Å². The first kappa shape index (κ1) is 11.8. The minimum atomic E-state index is -4.36. The molecule has 2 N–H and O–H groups in total. The molecule has 6 heteroatoms. The van der Waals surface area contributed by atoms with Crippen LogP contribution in [0.25, 0.3) is 0 Å². The molecule has 0 amide bonds. The van der Waals surface area contributed by atoms with E-state index in [0.29, 0.717) is 11.3 Å². The summed E-state index contributed by atoms with van der Waals surface area (Å²) < 4.78 is 40.2. The number of nitrogens with two attached hydrogens (primary N) is 1. The third-order valence-corrected chi connectivity index (χ3v) is 1.67. The summed E-state index contributed by atoms with van der Waals surface area (Å²) in [5.74, 6) is -0.0465. The summed E-state index contributed by atoms with van der Waals surface area (Å²) in [6, 6.07) is 3.27. The van der Waals surface area contributed by atoms with Gasteiger partial charge in [-0.1, -0.05) is 6.07 Å². The van der Waals surface area contributed by atoms with E-state index in [1.165, 1.54) is 0 Å². The lowest BCUT2D eigenvalue weighted by Crippen LogP contribution is -2.20. The number of ether oxygens (including phenoxy) is 1. The summed E-state index contributed by atoms with van der Waals surface area (Å²) in [5.41, 5.74) is 6.39. The van der Waals surface area contributed by atoms with Crippen molar-refractivity contribution >= 4 is 0 Å². The van der Waals surface area contributed by atoms with Crippen LogP contribution in [0.5, 0.6) is 5.88 Å². The van der Waals surface area contributed by atoms with Gasteiger partial charge in [0.05, 0.1) is 0 Å². The second kappa shape index (κ2) is 4.48. The van der Waals surface area contributed by atoms with E-state index in [2.05, 4.69) is 9.72 Å². The van der Waals surface area contributed by atoms with E-state index < -0.39 is 12.8 Å². The summed E-state index contributed by atoms with van der Waals surface area (Å²) >= 11 is 0. The number of aryl methyl sites for hydroxylation is 1. The highest BCUT2D eigenvalue weighted by atomic mass is 19.4. The van der Waals surface area contributed by atoms with Crippen LogP contribution in [0.3, 0.4) is 0 Å². The molecule has 0 saturated heterocycles. The fourth-order valence-electron chi connectivity index (χ4n) is 0.992. The first-order valence-electron chi connectivity index (χ1n) is 4.28. The maximum atomic E-state index is 11.9. The standard InChI is InChI=1S/C9H11F3N2O/c1-6-2-3-7(4-13)8(14-6)15-5-9(10,11)12/h2-3H,4-5,13H2,1H3. The molecule has 0 saturated carbocycles. The Kier molecular flexibility index (Phi) is 3.52. The van der Waals surface area contributed by atoms with Crippen LogP contribution in [0.2, 0.25) is 0 Å². The topological polar surface area (TPSA) is 48.1 Å². The quantitative estimate of drug-likeness (QED) is 0.844. The number of rotatable bonds is 3. The molecule has 0 aliphatic carbocycles. The van der Waals surface area contributed by atoms with Gasteiger partial charge in [-0.2, -0.15) is 13.2 Å². The molecule has 1 aromatic heterocycles. The van der Waals surface area contributed by atoms with Crippen molar-refractivity contribution in [3.63, 3.8) is 0 Å². The second-order valence-electron chi connectivity index (χ2n) is 3.02. The van der Waals surface area contributed by atoms with Gasteiger partial charge in [0, 0.05) is 17.8 Å². The van der Waals surface area contributed by atoms with Crippen molar-refractivity contribution in [3.8, 4) is 5.88 Å². The van der Waals surface area contributed by atoms with Crippen LogP contribution < -0.4 is 10.5 Å². The average Bonchev–Trinajstić information content (AvgIpc) is 2.14. The zero-order chi connectivity index (χ0) is 11.5. The minimum Gasteiger partial charge on any atom is -0.468 e. The van der Waals surface area contributed by atoms with Gasteiger partial charge in [0.25, 0.3) is 0 Å². The molecule has 0 unspecified atom stereocenters. The number of hydrogen-bond donors (Lipinski definition) is 1. The fraction of sp³-hybridized carbons (Fsp3) is 0.444. The Morgan fingerprint density at radius 2 is 2.07 bits per heavy atom. The van der Waals surface area contributed by atoms with Crippen molar-refractivity contribution in [2.45, 2.75) is 19.6 Å². The highest BCUT2D eigenvalue weighted by Crippen LogP contribution is 2.20. The zero-order valence-corrected chi connectivity index (χ0v) is 8.14. The first-order valence-corrected chi connectivity index (χ1v) is 4.28. The van der Waals surface area contributed by atoms with E-state index >= 15 is 0 Å². The number of pyridine rings is 1. The van der Waals surface area contributed by atoms with Gasteiger partial charge in [-0.15, -0.1) is 0 Å². The van der Waals surface area contributed by atoms with E-state index in [1.807, 2.05) is 0 Å². The highest BCUT2D eigenvalue weighted by molar-refractivity contribution is 5.27. The van der Waals surface area contributed by atoms with E-state index in [0.717, 1.165) is 0 Å². The Labute approximate surface area is 85.1 Å². The Morgan fingerprint density at radius 3 is 2.60 bits per heavy atom. The zero-order valence-electron chi connectivity index (χ0n) is 8.14. The van der Waals surface area contributed by atoms with Crippen molar-refractivity contribution in [2.75, 3.05) is 6.61 Å². The van der Waals surface area contributed by atoms with Crippen LogP contribution in [0, 0.1) is 6.92 Å². The van der Waals surface area contributed by atoms with Gasteiger partial charge in [-0.05, 0) is 13.0 Å². The van der Waals surface area contributed by atoms with Crippen molar-refractivity contribution in [3.05, 3.63) is 23.4 Å². The predicted molar refractivity (Wildman–Crippen MR) is 48.4 cm³/mol. The Morgan fingerprint density at radius 1 is 1.40 bits per heavy atom. The number of halogens is 3. The Balaban J connectivity index is 2.79. The predicted octanol–water partition coefficient (Wildman–Crippen LogP) is 1.79. The van der Waals surface area contributed by atoms with Crippen molar-refractivity contribution in [1.82, 2.24) is 4.98 Å². The average molecular weight is 220 g/mol. The van der Waals surface area contributed by atoms with Crippen LogP contribution in [0.4, 0.5) is 13.2 Å². The molecule has 0 fully saturated rings. The summed E-state index contributed by atoms with van der Waals surface area (Å²) in [7, 11) is 0. The van der Waals surface area contributed by atoms with Crippen LogP contribution in [0.15, 0.2) is 12.1 Å². The maximum Gasteiger partial charge on any atom is 0.422 e. The van der Waals surface area contributed by atoms with Gasteiger partial charge >= 0.3 is 6.18 Å². The van der Waals surface area contributed by atoms with E-state index in [4.69, 9.17) is 5.73 Å². The third kappa shape index (κ3) is 3.75. The van der Waals surface area contributed by atoms with Crippen LogP contribution in [-0.4, -0.2) is 17.8 Å². The van der Waals surface area contributed by atoms with Crippen LogP contribution >= 0.6 is 0 Å². The van der Waals surface area contributed by atoms with Gasteiger partial charge in [0.15, 0.2) is 6.61 Å². The lowest BCUT2D eigenvalue weighted by Gasteiger charge is -2.11. The van der Waals surface area contributed by atoms with Crippen molar-refractivity contribution in [1.29, 1.82) is 0 Å². The SMILES string of the molecule is Cc1ccc(CN)c(OCC(F)(F)F)n1. The maximum absolute atomic E-state index is 11.9. The molecule has 3 nitrogen and oxygen atoms in total. The monoisotopic (exact) mass is 220 g/mol. The lowest BCUT2D eigenvalue weighted by molar-refractivity contribution is -0.154. The molecule has 1 aromatic rings. The van der Waals surface area contributed by atoms with Crippen LogP contribution in [-0.2, 0) is 6.54 Å². The molecule has 0 spiro atoms. The molecular weight excluding hydrogens is 209 g/mol. The summed E-state index contributed by atoms with van der Waals surface area (Å²) in [6.07, 6.45) is -4.36. The molecule has 1 rings (SSSR count). The fourth-order valence-corrected chi connectivity index (χ4v) is 0.992. The Bertz CT molecular complexity index is 339. The molecule has 0 aliphatic rings. The van der Waals surface area contributed by atoms with Crippen LogP contribution in [0.1, 0.15) is 11.3 Å². The largest absolute Gasteiger partial charge is 0.468 e. The molecule has 0 bridgehead atoms. The van der Waals surface area contributed by atoms with E-state index in [9.17, 15) is 13.2 Å². The summed E-state index contributed by atoms with van der Waals surface area (Å²) in [5, 5.41) is 0. The smallest absolute Gasteiger partial charge is 0.422 e. The van der Waals surface area contributed by atoms with Gasteiger partial charge in [-0.3, -0.25) is 0 Å². The lowest BCUT2D eigenvalue weighted by atomic mass is 10.2. The van der Waals surface area contributed by atoms with Crippen molar-refractivity contribution < 1.29 is 17.9 Å². The van der Waals surface area contributed by atoms with Gasteiger partial charge in [0.1, 0.15) is 0 Å². The molecular formula is C9H11F3N2O. The Hall–Kier alpha value is -1.30. The molecule has 0 aromatic carbocycles. The number of hydrogen-bond acceptors (Lipinski definition) is 3. The van der Waals surface area contributed by atoms with Gasteiger partial charge in [-0.25, -0.2) is 4.98 Å². The molecule has 0 radical (unpaired) electrons. The number of alkyl halides is 3. The summed E-state index contributed by atoms with van der Waals surface area (Å²) in [6.45, 7) is 0.414. The molecule has 0 atom stereocenters. The third-order valence-electron chi connectivity index (χ3n) is 1.67. The van der Waals surface area contributed by atoms with Gasteiger partial charge < -0.3 is 10.5 Å². The minimum absolute atomic E-state index is 0.0465. The molecule has 1 heterocycles. The normalized spacial score (nSPS) is 11.5. The number of aromatic nitrogens is 1. The molecule has 0 aliphatic heterocycles. The van der Waals surface area contributed by atoms with E-state index in [1.54, 1.807) is 19.1 Å².